The molecule has 0 atom stereocenters. The third-order valence-corrected chi connectivity index (χ3v) is 3.04. The van der Waals surface area contributed by atoms with Crippen LogP contribution in [0.15, 0.2) is 42.5 Å². The lowest BCUT2D eigenvalue weighted by Gasteiger charge is -2.08. The van der Waals surface area contributed by atoms with Crippen LogP contribution in [0.2, 0.25) is 0 Å². The first-order valence-electron chi connectivity index (χ1n) is 6.58. The Labute approximate surface area is 123 Å². The van der Waals surface area contributed by atoms with Crippen molar-refractivity contribution in [3.63, 3.8) is 0 Å². The second-order valence-electron chi connectivity index (χ2n) is 4.62. The van der Waals surface area contributed by atoms with E-state index in [2.05, 4.69) is 5.32 Å². The number of nitrogens with two attached hydrogens (primary N) is 1. The van der Waals surface area contributed by atoms with Crippen molar-refractivity contribution in [1.82, 2.24) is 0 Å². The number of hydrogen-bond acceptors (Lipinski definition) is 4. The largest absolute Gasteiger partial charge is 0.497 e. The number of methoxy groups -OCH3 is 1. The Morgan fingerprint density at radius 3 is 2.57 bits per heavy atom. The van der Waals surface area contributed by atoms with E-state index in [1.165, 1.54) is 7.11 Å². The van der Waals surface area contributed by atoms with Crippen LogP contribution in [-0.4, -0.2) is 24.7 Å². The first kappa shape index (κ1) is 14.9. The van der Waals surface area contributed by atoms with Crippen molar-refractivity contribution < 1.29 is 14.6 Å². The molecule has 0 aliphatic heterocycles. The molecule has 0 fully saturated rings. The van der Waals surface area contributed by atoms with Gasteiger partial charge in [-0.2, -0.15) is 0 Å². The maximum absolute atomic E-state index is 12.2. The number of anilines is 2. The summed E-state index contributed by atoms with van der Waals surface area (Å²) >= 11 is 0. The highest BCUT2D eigenvalue weighted by molar-refractivity contribution is 6.05. The number of carbonyl (C=O) groups excluding carboxylic acids is 1. The zero-order valence-electron chi connectivity index (χ0n) is 11.8. The minimum absolute atomic E-state index is 0.106. The summed E-state index contributed by atoms with van der Waals surface area (Å²) in [5.74, 6) is 0.286. The van der Waals surface area contributed by atoms with Gasteiger partial charge in [0.15, 0.2) is 0 Å². The van der Waals surface area contributed by atoms with E-state index in [0.29, 0.717) is 29.1 Å². The van der Waals surface area contributed by atoms with Gasteiger partial charge < -0.3 is 20.9 Å². The van der Waals surface area contributed by atoms with E-state index in [4.69, 9.17) is 15.6 Å². The molecule has 0 saturated carbocycles. The summed E-state index contributed by atoms with van der Waals surface area (Å²) < 4.78 is 5.10. The third kappa shape index (κ3) is 3.97. The van der Waals surface area contributed by atoms with Crippen molar-refractivity contribution in [3.8, 4) is 5.75 Å². The summed E-state index contributed by atoms with van der Waals surface area (Å²) in [7, 11) is 1.52. The number of rotatable bonds is 5. The Balaban J connectivity index is 2.12. The molecule has 110 valence electrons. The van der Waals surface area contributed by atoms with Gasteiger partial charge in [-0.1, -0.05) is 12.1 Å². The molecule has 5 nitrogen and oxygen atoms in total. The SMILES string of the molecule is COc1cc(N)cc(C(=O)Nc2ccc(CCO)cc2)c1. The van der Waals surface area contributed by atoms with Crippen LogP contribution in [0.4, 0.5) is 11.4 Å². The minimum Gasteiger partial charge on any atom is -0.497 e. The Morgan fingerprint density at radius 1 is 1.24 bits per heavy atom. The highest BCUT2D eigenvalue weighted by Gasteiger charge is 2.09. The van der Waals surface area contributed by atoms with Crippen molar-refractivity contribution in [2.24, 2.45) is 0 Å². The summed E-state index contributed by atoms with van der Waals surface area (Å²) in [6.07, 6.45) is 0.598. The smallest absolute Gasteiger partial charge is 0.255 e. The molecule has 0 saturated heterocycles. The normalized spacial score (nSPS) is 10.2. The Bertz CT molecular complexity index is 624. The molecule has 2 aromatic carbocycles. The van der Waals surface area contributed by atoms with Gasteiger partial charge in [-0.15, -0.1) is 0 Å². The van der Waals surface area contributed by atoms with Crippen LogP contribution >= 0.6 is 0 Å². The topological polar surface area (TPSA) is 84.6 Å². The van der Waals surface area contributed by atoms with Crippen LogP contribution in [0.5, 0.6) is 5.75 Å². The first-order chi connectivity index (χ1) is 10.1. The molecule has 0 aliphatic carbocycles. The van der Waals surface area contributed by atoms with Gasteiger partial charge in [-0.3, -0.25) is 4.79 Å². The lowest BCUT2D eigenvalue weighted by atomic mass is 10.1. The minimum atomic E-state index is -0.254. The Morgan fingerprint density at radius 2 is 1.95 bits per heavy atom. The summed E-state index contributed by atoms with van der Waals surface area (Å²) in [4.78, 5) is 12.2. The zero-order valence-corrected chi connectivity index (χ0v) is 11.8. The number of benzene rings is 2. The fourth-order valence-electron chi connectivity index (χ4n) is 1.96. The number of carbonyl (C=O) groups is 1. The van der Waals surface area contributed by atoms with Crippen molar-refractivity contribution in [3.05, 3.63) is 53.6 Å². The number of nitrogen functional groups attached to an aromatic ring is 1. The van der Waals surface area contributed by atoms with E-state index in [1.807, 2.05) is 12.1 Å². The predicted molar refractivity (Wildman–Crippen MR) is 82.6 cm³/mol. The van der Waals surface area contributed by atoms with Crippen molar-refractivity contribution in [2.45, 2.75) is 6.42 Å². The lowest BCUT2D eigenvalue weighted by molar-refractivity contribution is 0.102. The summed E-state index contributed by atoms with van der Waals surface area (Å²) in [6, 6.07) is 12.2. The molecule has 0 heterocycles. The van der Waals surface area contributed by atoms with E-state index in [9.17, 15) is 4.79 Å². The number of ether oxygens (including phenoxy) is 1. The fraction of sp³-hybridized carbons (Fsp3) is 0.188. The summed E-state index contributed by atoms with van der Waals surface area (Å²) in [5, 5.41) is 11.7. The molecule has 4 N–H and O–H groups in total. The van der Waals surface area contributed by atoms with Gasteiger partial charge in [0, 0.05) is 29.6 Å². The van der Waals surface area contributed by atoms with Crippen molar-refractivity contribution in [2.75, 3.05) is 24.8 Å². The van der Waals surface area contributed by atoms with E-state index in [1.54, 1.807) is 30.3 Å². The molecule has 5 heteroatoms. The lowest BCUT2D eigenvalue weighted by Crippen LogP contribution is -2.12. The van der Waals surface area contributed by atoms with Crippen LogP contribution in [0.3, 0.4) is 0 Å². The van der Waals surface area contributed by atoms with E-state index in [0.717, 1.165) is 5.56 Å². The number of amides is 1. The molecular formula is C16H18N2O3. The van der Waals surface area contributed by atoms with Gasteiger partial charge >= 0.3 is 0 Å². The maximum Gasteiger partial charge on any atom is 0.255 e. The Kier molecular flexibility index (Phi) is 4.79. The number of aliphatic hydroxyl groups excluding tert-OH is 1. The van der Waals surface area contributed by atoms with Gasteiger partial charge in [0.05, 0.1) is 7.11 Å². The average molecular weight is 286 g/mol. The molecule has 0 radical (unpaired) electrons. The van der Waals surface area contributed by atoms with E-state index >= 15 is 0 Å². The quantitative estimate of drug-likeness (QED) is 0.735. The Hall–Kier alpha value is -2.53. The number of hydrogen-bond donors (Lipinski definition) is 3. The highest BCUT2D eigenvalue weighted by atomic mass is 16.5. The van der Waals surface area contributed by atoms with Gasteiger partial charge in [0.2, 0.25) is 0 Å². The van der Waals surface area contributed by atoms with Gasteiger partial charge in [0.25, 0.3) is 5.91 Å². The fourth-order valence-corrected chi connectivity index (χ4v) is 1.96. The van der Waals surface area contributed by atoms with Crippen molar-refractivity contribution >= 4 is 17.3 Å². The molecule has 0 bridgehead atoms. The molecule has 2 aromatic rings. The highest BCUT2D eigenvalue weighted by Crippen LogP contribution is 2.20. The monoisotopic (exact) mass is 286 g/mol. The molecular weight excluding hydrogens is 268 g/mol. The van der Waals surface area contributed by atoms with E-state index in [-0.39, 0.29) is 12.5 Å². The van der Waals surface area contributed by atoms with Crippen LogP contribution in [0.25, 0.3) is 0 Å². The van der Waals surface area contributed by atoms with Crippen LogP contribution in [0, 0.1) is 0 Å². The molecule has 0 spiro atoms. The molecule has 0 aromatic heterocycles. The maximum atomic E-state index is 12.2. The third-order valence-electron chi connectivity index (χ3n) is 3.04. The van der Waals surface area contributed by atoms with E-state index < -0.39 is 0 Å². The van der Waals surface area contributed by atoms with Gasteiger partial charge in [-0.25, -0.2) is 0 Å². The second-order valence-corrected chi connectivity index (χ2v) is 4.62. The summed E-state index contributed by atoms with van der Waals surface area (Å²) in [5.41, 5.74) is 8.34. The van der Waals surface area contributed by atoms with Crippen molar-refractivity contribution in [1.29, 1.82) is 0 Å². The van der Waals surface area contributed by atoms with Crippen LogP contribution in [0.1, 0.15) is 15.9 Å². The molecule has 2 rings (SSSR count). The molecule has 0 unspecified atom stereocenters. The van der Waals surface area contributed by atoms with Crippen LogP contribution in [-0.2, 0) is 6.42 Å². The van der Waals surface area contributed by atoms with Crippen LogP contribution < -0.4 is 15.8 Å². The standard InChI is InChI=1S/C16H18N2O3/c1-21-15-9-12(8-13(17)10-15)16(20)18-14-4-2-11(3-5-14)6-7-19/h2-5,8-10,19H,6-7,17H2,1H3,(H,18,20). The average Bonchev–Trinajstić information content (AvgIpc) is 2.48. The molecule has 1 amide bonds. The first-order valence-corrected chi connectivity index (χ1v) is 6.58. The summed E-state index contributed by atoms with van der Waals surface area (Å²) in [6.45, 7) is 0.106. The molecule has 0 aliphatic rings. The van der Waals surface area contributed by atoms with Gasteiger partial charge in [0.1, 0.15) is 5.75 Å². The number of nitrogens with one attached hydrogen (secondary N) is 1. The van der Waals surface area contributed by atoms with Gasteiger partial charge in [-0.05, 0) is 36.2 Å². The number of aliphatic hydroxyl groups is 1. The zero-order chi connectivity index (χ0) is 15.2. The molecule has 21 heavy (non-hydrogen) atoms. The second kappa shape index (κ2) is 6.76. The predicted octanol–water partition coefficient (Wildman–Crippen LogP) is 2.06.